The van der Waals surface area contributed by atoms with Gasteiger partial charge in [0.25, 0.3) is 5.91 Å². The van der Waals surface area contributed by atoms with E-state index in [0.717, 1.165) is 41.3 Å². The van der Waals surface area contributed by atoms with Crippen LogP contribution in [-0.2, 0) is 16.0 Å². The number of aromatic nitrogens is 1. The van der Waals surface area contributed by atoms with Crippen LogP contribution in [0.15, 0.2) is 48.7 Å². The van der Waals surface area contributed by atoms with Crippen LogP contribution in [0.3, 0.4) is 0 Å². The van der Waals surface area contributed by atoms with E-state index in [4.69, 9.17) is 21.1 Å². The number of cyclic esters (lactones) is 1. The second-order valence-corrected chi connectivity index (χ2v) is 7.68. The van der Waals surface area contributed by atoms with Gasteiger partial charge in [0.2, 0.25) is 0 Å². The summed E-state index contributed by atoms with van der Waals surface area (Å²) in [7, 11) is 0. The largest absolute Gasteiger partial charge is 0.457 e. The maximum atomic E-state index is 12.1. The van der Waals surface area contributed by atoms with Crippen LogP contribution in [0.1, 0.15) is 29.9 Å². The number of hydrogen-bond acceptors (Lipinski definition) is 5. The van der Waals surface area contributed by atoms with Crippen molar-refractivity contribution in [1.82, 2.24) is 10.3 Å². The molecule has 2 aliphatic rings. The van der Waals surface area contributed by atoms with E-state index in [1.807, 2.05) is 36.4 Å². The van der Waals surface area contributed by atoms with Gasteiger partial charge in [0.05, 0.1) is 5.52 Å². The number of imide groups is 1. The Hall–Kier alpha value is -3.12. The highest BCUT2D eigenvalue weighted by atomic mass is 35.5. The molecule has 2 aromatic carbocycles. The van der Waals surface area contributed by atoms with E-state index in [2.05, 4.69) is 10.3 Å². The minimum atomic E-state index is -0.762. The first kappa shape index (κ1) is 17.9. The Labute approximate surface area is 171 Å². The second-order valence-electron chi connectivity index (χ2n) is 7.25. The lowest BCUT2D eigenvalue weighted by Crippen LogP contribution is -2.31. The van der Waals surface area contributed by atoms with Crippen LogP contribution >= 0.6 is 11.6 Å². The average Bonchev–Trinajstić information content (AvgIpc) is 3.05. The summed E-state index contributed by atoms with van der Waals surface area (Å²) in [4.78, 5) is 27.8. The monoisotopic (exact) mass is 408 g/mol. The molecule has 0 bridgehead atoms. The molecule has 146 valence electrons. The van der Waals surface area contributed by atoms with E-state index in [-0.39, 0.29) is 11.8 Å². The first-order valence-corrected chi connectivity index (χ1v) is 9.83. The minimum Gasteiger partial charge on any atom is -0.457 e. The summed E-state index contributed by atoms with van der Waals surface area (Å²) >= 11 is 6.06. The molecular formula is C22H17ClN2O4. The van der Waals surface area contributed by atoms with Crippen LogP contribution in [0.2, 0.25) is 5.02 Å². The molecular weight excluding hydrogens is 392 g/mol. The van der Waals surface area contributed by atoms with Gasteiger partial charge in [0, 0.05) is 22.5 Å². The molecule has 1 aliphatic carbocycles. The molecule has 3 aromatic rings. The number of ether oxygens (including phenoxy) is 2. The maximum absolute atomic E-state index is 12.1. The van der Waals surface area contributed by atoms with Crippen LogP contribution in [0.5, 0.6) is 11.5 Å². The van der Waals surface area contributed by atoms with Crippen LogP contribution < -0.4 is 10.1 Å². The lowest BCUT2D eigenvalue weighted by molar-refractivity contribution is -0.124. The molecule has 2 heterocycles. The third-order valence-electron chi connectivity index (χ3n) is 5.45. The smallest absolute Gasteiger partial charge is 0.414 e. The lowest BCUT2D eigenvalue weighted by Gasteiger charge is -2.28. The minimum absolute atomic E-state index is 0.136. The Balaban J connectivity index is 1.46. The quantitative estimate of drug-likeness (QED) is 0.677. The number of benzene rings is 2. The number of aryl methyl sites for hydroxylation is 1. The Morgan fingerprint density at radius 2 is 2.03 bits per heavy atom. The molecule has 2 atom stereocenters. The predicted molar refractivity (Wildman–Crippen MR) is 107 cm³/mol. The van der Waals surface area contributed by atoms with E-state index < -0.39 is 12.2 Å². The van der Waals surface area contributed by atoms with Gasteiger partial charge in [0.15, 0.2) is 6.10 Å². The highest BCUT2D eigenvalue weighted by Crippen LogP contribution is 2.39. The number of pyridine rings is 1. The molecule has 0 radical (unpaired) electrons. The van der Waals surface area contributed by atoms with Crippen LogP contribution in [-0.4, -0.2) is 23.1 Å². The van der Waals surface area contributed by atoms with E-state index in [1.165, 1.54) is 0 Å². The summed E-state index contributed by atoms with van der Waals surface area (Å²) < 4.78 is 11.4. The van der Waals surface area contributed by atoms with E-state index in [1.54, 1.807) is 12.3 Å². The van der Waals surface area contributed by atoms with Crippen molar-refractivity contribution in [1.29, 1.82) is 0 Å². The SMILES string of the molecule is O=C1NC(=O)C([C@@H]2CCCc3cc(Oc4ccnc5cc(Cl)ccc45)ccc32)O1. The fourth-order valence-corrected chi connectivity index (χ4v) is 4.32. The Kier molecular flexibility index (Phi) is 4.36. The number of halogens is 1. The Bertz CT molecular complexity index is 1150. The van der Waals surface area contributed by atoms with Crippen LogP contribution in [0, 0.1) is 0 Å². The standard InChI is InChI=1S/C22H17ClN2O4/c23-13-4-6-17-18(11-13)24-9-8-19(17)28-14-5-7-15-12(10-14)2-1-3-16(15)20-21(26)25-22(27)29-20/h4-11,16,20H,1-3H2,(H,25,26,27)/t16-,20?/m1/s1. The summed E-state index contributed by atoms with van der Waals surface area (Å²) in [6.07, 6.45) is 2.86. The zero-order chi connectivity index (χ0) is 20.0. The first-order valence-electron chi connectivity index (χ1n) is 9.45. The predicted octanol–water partition coefficient (Wildman–Crippen LogP) is 4.74. The third kappa shape index (κ3) is 3.29. The fraction of sp³-hybridized carbons (Fsp3) is 0.227. The Morgan fingerprint density at radius 3 is 2.86 bits per heavy atom. The van der Waals surface area contributed by atoms with Crippen molar-refractivity contribution >= 4 is 34.5 Å². The normalized spacial score (nSPS) is 20.9. The molecule has 1 fully saturated rings. The topological polar surface area (TPSA) is 77.5 Å². The van der Waals surface area contributed by atoms with Crippen LogP contribution in [0.4, 0.5) is 4.79 Å². The van der Waals surface area contributed by atoms with Crippen molar-refractivity contribution in [3.8, 4) is 11.5 Å². The van der Waals surface area contributed by atoms with Crippen molar-refractivity contribution in [3.05, 3.63) is 64.8 Å². The first-order chi connectivity index (χ1) is 14.1. The summed E-state index contributed by atoms with van der Waals surface area (Å²) in [6, 6.07) is 13.2. The summed E-state index contributed by atoms with van der Waals surface area (Å²) in [5.74, 6) is 0.904. The van der Waals surface area contributed by atoms with Crippen molar-refractivity contribution in [2.24, 2.45) is 0 Å². The van der Waals surface area contributed by atoms with E-state index in [9.17, 15) is 9.59 Å². The molecule has 1 aromatic heterocycles. The van der Waals surface area contributed by atoms with Gasteiger partial charge in [-0.05, 0) is 66.8 Å². The molecule has 1 saturated heterocycles. The number of nitrogens with zero attached hydrogens (tertiary/aromatic N) is 1. The van der Waals surface area contributed by atoms with Crippen molar-refractivity contribution < 1.29 is 19.1 Å². The van der Waals surface area contributed by atoms with E-state index >= 15 is 0 Å². The van der Waals surface area contributed by atoms with Gasteiger partial charge >= 0.3 is 6.09 Å². The molecule has 7 heteroatoms. The number of amides is 2. The number of carbonyl (C=O) groups excluding carboxylic acids is 2. The van der Waals surface area contributed by atoms with Gasteiger partial charge in [-0.25, -0.2) is 4.79 Å². The van der Waals surface area contributed by atoms with Gasteiger partial charge in [-0.3, -0.25) is 15.1 Å². The average molecular weight is 409 g/mol. The number of carbonyl (C=O) groups is 2. The summed E-state index contributed by atoms with van der Waals surface area (Å²) in [5, 5.41) is 3.72. The molecule has 1 unspecified atom stereocenters. The summed E-state index contributed by atoms with van der Waals surface area (Å²) in [5.41, 5.74) is 2.91. The maximum Gasteiger partial charge on any atom is 0.414 e. The molecule has 1 N–H and O–H groups in total. The molecule has 0 saturated carbocycles. The molecule has 5 rings (SSSR count). The molecule has 2 amide bonds. The van der Waals surface area contributed by atoms with Crippen molar-refractivity contribution in [2.45, 2.75) is 31.3 Å². The molecule has 6 nitrogen and oxygen atoms in total. The van der Waals surface area contributed by atoms with Crippen LogP contribution in [0.25, 0.3) is 10.9 Å². The molecule has 29 heavy (non-hydrogen) atoms. The number of alkyl carbamates (subject to hydrolysis) is 1. The summed E-state index contributed by atoms with van der Waals surface area (Å²) in [6.45, 7) is 0. The fourth-order valence-electron chi connectivity index (χ4n) is 4.15. The zero-order valence-corrected chi connectivity index (χ0v) is 16.1. The van der Waals surface area contributed by atoms with Gasteiger partial charge < -0.3 is 9.47 Å². The zero-order valence-electron chi connectivity index (χ0n) is 15.4. The molecule has 1 aliphatic heterocycles. The number of fused-ring (bicyclic) bond motifs is 2. The van der Waals surface area contributed by atoms with E-state index in [0.29, 0.717) is 16.5 Å². The number of hydrogen-bond donors (Lipinski definition) is 1. The lowest BCUT2D eigenvalue weighted by atomic mass is 9.79. The number of nitrogens with one attached hydrogen (secondary N) is 1. The van der Waals surface area contributed by atoms with Crippen molar-refractivity contribution in [2.75, 3.05) is 0 Å². The highest BCUT2D eigenvalue weighted by molar-refractivity contribution is 6.31. The number of rotatable bonds is 3. The van der Waals surface area contributed by atoms with Gasteiger partial charge in [0.1, 0.15) is 11.5 Å². The van der Waals surface area contributed by atoms with Crippen molar-refractivity contribution in [3.63, 3.8) is 0 Å². The van der Waals surface area contributed by atoms with Gasteiger partial charge in [-0.1, -0.05) is 17.7 Å². The van der Waals surface area contributed by atoms with Gasteiger partial charge in [-0.15, -0.1) is 0 Å². The highest BCUT2D eigenvalue weighted by Gasteiger charge is 2.41. The molecule has 0 spiro atoms. The third-order valence-corrected chi connectivity index (χ3v) is 5.69. The van der Waals surface area contributed by atoms with Gasteiger partial charge in [-0.2, -0.15) is 0 Å². The Morgan fingerprint density at radius 1 is 1.14 bits per heavy atom. The second kappa shape index (κ2) is 7.04.